The van der Waals surface area contributed by atoms with Crippen molar-refractivity contribution >= 4 is 5.82 Å². The van der Waals surface area contributed by atoms with Crippen molar-refractivity contribution < 1.29 is 18.3 Å². The zero-order chi connectivity index (χ0) is 14.5. The number of aromatic nitrogens is 1. The lowest BCUT2D eigenvalue weighted by atomic mass is 9.83. The highest BCUT2D eigenvalue weighted by Gasteiger charge is 2.31. The lowest BCUT2D eigenvalue weighted by Gasteiger charge is -2.29. The quantitative estimate of drug-likeness (QED) is 0.838. The lowest BCUT2D eigenvalue weighted by Crippen LogP contribution is -2.32. The van der Waals surface area contributed by atoms with E-state index in [-0.39, 0.29) is 12.0 Å². The minimum Gasteiger partial charge on any atom is -0.396 e. The summed E-state index contributed by atoms with van der Waals surface area (Å²) in [6.07, 6.45) is -1.99. The molecule has 2 N–H and O–H groups in total. The van der Waals surface area contributed by atoms with Gasteiger partial charge < -0.3 is 10.4 Å². The molecule has 0 fully saturated rings. The molecule has 0 atom stereocenters. The summed E-state index contributed by atoms with van der Waals surface area (Å²) < 4.78 is 37.1. The van der Waals surface area contributed by atoms with Crippen LogP contribution in [0, 0.1) is 5.41 Å². The average Bonchev–Trinajstić information content (AvgIpc) is 2.40. The number of aliphatic hydroxyl groups is 1. The molecule has 108 valence electrons. The van der Waals surface area contributed by atoms with Crippen molar-refractivity contribution in [1.29, 1.82) is 0 Å². The van der Waals surface area contributed by atoms with Gasteiger partial charge in [0.1, 0.15) is 5.82 Å². The summed E-state index contributed by atoms with van der Waals surface area (Å²) in [5.74, 6) is 0.382. The van der Waals surface area contributed by atoms with E-state index in [2.05, 4.69) is 10.3 Å². The van der Waals surface area contributed by atoms with Gasteiger partial charge in [-0.05, 0) is 25.0 Å². The molecule has 1 rings (SSSR count). The van der Waals surface area contributed by atoms with Crippen molar-refractivity contribution in [1.82, 2.24) is 4.98 Å². The zero-order valence-corrected chi connectivity index (χ0v) is 11.1. The summed E-state index contributed by atoms with van der Waals surface area (Å²) in [4.78, 5) is 3.74. The Morgan fingerprint density at radius 3 is 2.21 bits per heavy atom. The second-order valence-electron chi connectivity index (χ2n) is 4.65. The third-order valence-corrected chi connectivity index (χ3v) is 3.57. The van der Waals surface area contributed by atoms with Crippen LogP contribution >= 0.6 is 0 Å². The molecular formula is C13H19F3N2O. The molecule has 0 aliphatic heterocycles. The zero-order valence-electron chi connectivity index (χ0n) is 11.1. The maximum absolute atomic E-state index is 12.4. The SMILES string of the molecule is CCC(CC)(CO)CNc1ccc(C(F)(F)F)cn1. The van der Waals surface area contributed by atoms with Crippen LogP contribution in [0.4, 0.5) is 19.0 Å². The first kappa shape index (κ1) is 15.8. The summed E-state index contributed by atoms with van der Waals surface area (Å²) in [6.45, 7) is 4.46. The first-order valence-electron chi connectivity index (χ1n) is 6.25. The molecule has 0 saturated carbocycles. The van der Waals surface area contributed by atoms with Crippen LogP contribution in [0.5, 0.6) is 0 Å². The van der Waals surface area contributed by atoms with Gasteiger partial charge in [-0.15, -0.1) is 0 Å². The number of hydrogen-bond donors (Lipinski definition) is 2. The highest BCUT2D eigenvalue weighted by molar-refractivity contribution is 5.36. The van der Waals surface area contributed by atoms with Crippen LogP contribution in [0.1, 0.15) is 32.3 Å². The smallest absolute Gasteiger partial charge is 0.396 e. The number of alkyl halides is 3. The van der Waals surface area contributed by atoms with Crippen LogP contribution in [0.25, 0.3) is 0 Å². The fourth-order valence-corrected chi connectivity index (χ4v) is 1.72. The lowest BCUT2D eigenvalue weighted by molar-refractivity contribution is -0.137. The van der Waals surface area contributed by atoms with Gasteiger partial charge in [-0.2, -0.15) is 13.2 Å². The van der Waals surface area contributed by atoms with Gasteiger partial charge in [0.2, 0.25) is 0 Å². The summed E-state index contributed by atoms with van der Waals surface area (Å²) in [6, 6.07) is 2.30. The van der Waals surface area contributed by atoms with Crippen molar-refractivity contribution in [2.75, 3.05) is 18.5 Å². The Hall–Kier alpha value is -1.30. The molecule has 0 aliphatic carbocycles. The Balaban J connectivity index is 2.69. The van der Waals surface area contributed by atoms with Gasteiger partial charge in [0, 0.05) is 18.2 Å². The van der Waals surface area contributed by atoms with Gasteiger partial charge in [0.05, 0.1) is 12.2 Å². The molecule has 0 aromatic carbocycles. The van der Waals surface area contributed by atoms with E-state index in [1.54, 1.807) is 0 Å². The molecule has 0 saturated heterocycles. The maximum atomic E-state index is 12.4. The van der Waals surface area contributed by atoms with Crippen LogP contribution < -0.4 is 5.32 Å². The summed E-state index contributed by atoms with van der Waals surface area (Å²) in [7, 11) is 0. The standard InChI is InChI=1S/C13H19F3N2O/c1-3-12(4-2,9-19)8-18-11-6-5-10(7-17-11)13(14,15)16/h5-7,19H,3-4,8-9H2,1-2H3,(H,17,18). The highest BCUT2D eigenvalue weighted by Crippen LogP contribution is 2.29. The fourth-order valence-electron chi connectivity index (χ4n) is 1.72. The Bertz CT molecular complexity index is 378. The predicted molar refractivity (Wildman–Crippen MR) is 67.8 cm³/mol. The molecule has 0 aliphatic rings. The van der Waals surface area contributed by atoms with Crippen molar-refractivity contribution in [2.24, 2.45) is 5.41 Å². The van der Waals surface area contributed by atoms with Crippen LogP contribution in [-0.4, -0.2) is 23.2 Å². The summed E-state index contributed by atoms with van der Waals surface area (Å²) in [5.41, 5.74) is -1.03. The Labute approximate surface area is 110 Å². The van der Waals surface area contributed by atoms with E-state index >= 15 is 0 Å². The molecular weight excluding hydrogens is 257 g/mol. The number of pyridine rings is 1. The van der Waals surface area contributed by atoms with Crippen molar-refractivity contribution in [3.05, 3.63) is 23.9 Å². The molecule has 3 nitrogen and oxygen atoms in total. The van der Waals surface area contributed by atoms with E-state index in [1.165, 1.54) is 6.07 Å². The number of nitrogens with zero attached hydrogens (tertiary/aromatic N) is 1. The van der Waals surface area contributed by atoms with Gasteiger partial charge >= 0.3 is 6.18 Å². The maximum Gasteiger partial charge on any atom is 0.417 e. The van der Waals surface area contributed by atoms with E-state index in [0.717, 1.165) is 25.1 Å². The van der Waals surface area contributed by atoms with E-state index in [1.807, 2.05) is 13.8 Å². The van der Waals surface area contributed by atoms with Gasteiger partial charge in [-0.3, -0.25) is 0 Å². The van der Waals surface area contributed by atoms with Crippen molar-refractivity contribution in [3.8, 4) is 0 Å². The monoisotopic (exact) mass is 276 g/mol. The predicted octanol–water partition coefficient (Wildman–Crippen LogP) is 3.31. The Morgan fingerprint density at radius 2 is 1.84 bits per heavy atom. The molecule has 0 bridgehead atoms. The molecule has 1 aromatic rings. The second kappa shape index (κ2) is 6.23. The van der Waals surface area contributed by atoms with Crippen LogP contribution in [0.15, 0.2) is 18.3 Å². The minimum atomic E-state index is -4.37. The largest absolute Gasteiger partial charge is 0.417 e. The molecule has 6 heteroatoms. The molecule has 1 heterocycles. The van der Waals surface area contributed by atoms with Gasteiger partial charge in [-0.1, -0.05) is 13.8 Å². The topological polar surface area (TPSA) is 45.1 Å². The number of nitrogens with one attached hydrogen (secondary N) is 1. The normalized spacial score (nSPS) is 12.5. The second-order valence-corrected chi connectivity index (χ2v) is 4.65. The molecule has 0 amide bonds. The minimum absolute atomic E-state index is 0.0354. The summed E-state index contributed by atoms with van der Waals surface area (Å²) in [5, 5.41) is 12.4. The fraction of sp³-hybridized carbons (Fsp3) is 0.615. The van der Waals surface area contributed by atoms with Gasteiger partial charge in [0.15, 0.2) is 0 Å². The number of aliphatic hydroxyl groups excluding tert-OH is 1. The third-order valence-electron chi connectivity index (χ3n) is 3.57. The molecule has 1 aromatic heterocycles. The van der Waals surface area contributed by atoms with Crippen LogP contribution in [0.2, 0.25) is 0 Å². The Kier molecular flexibility index (Phi) is 5.17. The van der Waals surface area contributed by atoms with Gasteiger partial charge in [-0.25, -0.2) is 4.98 Å². The number of rotatable bonds is 6. The Morgan fingerprint density at radius 1 is 1.21 bits per heavy atom. The number of hydrogen-bond acceptors (Lipinski definition) is 3. The van der Waals surface area contributed by atoms with E-state index < -0.39 is 11.7 Å². The number of anilines is 1. The molecule has 19 heavy (non-hydrogen) atoms. The first-order chi connectivity index (χ1) is 8.87. The highest BCUT2D eigenvalue weighted by atomic mass is 19.4. The van der Waals surface area contributed by atoms with Crippen LogP contribution in [-0.2, 0) is 6.18 Å². The van der Waals surface area contributed by atoms with Crippen molar-refractivity contribution in [3.63, 3.8) is 0 Å². The van der Waals surface area contributed by atoms with E-state index in [4.69, 9.17) is 0 Å². The van der Waals surface area contributed by atoms with E-state index in [0.29, 0.717) is 12.4 Å². The van der Waals surface area contributed by atoms with Gasteiger partial charge in [0.25, 0.3) is 0 Å². The molecule has 0 spiro atoms. The van der Waals surface area contributed by atoms with Crippen molar-refractivity contribution in [2.45, 2.75) is 32.9 Å². The summed E-state index contributed by atoms with van der Waals surface area (Å²) >= 11 is 0. The molecule has 0 unspecified atom stereocenters. The van der Waals surface area contributed by atoms with Crippen LogP contribution in [0.3, 0.4) is 0 Å². The van der Waals surface area contributed by atoms with E-state index in [9.17, 15) is 18.3 Å². The third kappa shape index (κ3) is 4.09. The number of halogens is 3. The first-order valence-corrected chi connectivity index (χ1v) is 6.25. The molecule has 0 radical (unpaired) electrons. The average molecular weight is 276 g/mol.